The van der Waals surface area contributed by atoms with Gasteiger partial charge in [-0.15, -0.1) is 22.7 Å². The van der Waals surface area contributed by atoms with E-state index in [0.717, 1.165) is 22.0 Å². The fourth-order valence-electron chi connectivity index (χ4n) is 2.15. The molecule has 0 aliphatic carbocycles. The van der Waals surface area contributed by atoms with Crippen LogP contribution in [-0.4, -0.2) is 31.9 Å². The van der Waals surface area contributed by atoms with Crippen molar-refractivity contribution in [2.75, 3.05) is 14.2 Å². The van der Waals surface area contributed by atoms with Crippen LogP contribution < -0.4 is 4.74 Å². The van der Waals surface area contributed by atoms with Crippen LogP contribution in [0.4, 0.5) is 0 Å². The Morgan fingerprint density at radius 2 is 2.04 bits per heavy atom. The lowest BCUT2D eigenvalue weighted by molar-refractivity contribution is 0.415. The van der Waals surface area contributed by atoms with Crippen LogP contribution in [0.5, 0.6) is 5.75 Å². The molecule has 126 valence electrons. The molecule has 3 rings (SSSR count). The number of nitrogens with zero attached hydrogens (tertiary/aromatic N) is 2. The van der Waals surface area contributed by atoms with Gasteiger partial charge in [0.25, 0.3) is 10.0 Å². The van der Waals surface area contributed by atoms with Crippen molar-refractivity contribution in [1.82, 2.24) is 9.29 Å². The van der Waals surface area contributed by atoms with Crippen molar-refractivity contribution < 1.29 is 13.2 Å². The maximum Gasteiger partial charge on any atom is 0.252 e. The van der Waals surface area contributed by atoms with Crippen LogP contribution >= 0.6 is 22.7 Å². The molecule has 0 radical (unpaired) electrons. The van der Waals surface area contributed by atoms with Gasteiger partial charge >= 0.3 is 0 Å². The number of hydrogen-bond donors (Lipinski definition) is 0. The third kappa shape index (κ3) is 3.51. The summed E-state index contributed by atoms with van der Waals surface area (Å²) in [7, 11) is -0.273. The first-order valence-electron chi connectivity index (χ1n) is 7.09. The molecule has 0 saturated carbocycles. The van der Waals surface area contributed by atoms with E-state index >= 15 is 0 Å². The molecule has 1 aromatic carbocycles. The van der Waals surface area contributed by atoms with Crippen molar-refractivity contribution in [2.45, 2.75) is 10.8 Å². The fourth-order valence-corrected chi connectivity index (χ4v) is 5.30. The maximum atomic E-state index is 12.5. The largest absolute Gasteiger partial charge is 0.497 e. The summed E-state index contributed by atoms with van der Waals surface area (Å²) in [5.41, 5.74) is 1.68. The van der Waals surface area contributed by atoms with E-state index in [1.54, 1.807) is 31.7 Å². The first-order chi connectivity index (χ1) is 11.5. The van der Waals surface area contributed by atoms with E-state index in [1.807, 2.05) is 29.6 Å². The van der Waals surface area contributed by atoms with Crippen molar-refractivity contribution in [1.29, 1.82) is 0 Å². The summed E-state index contributed by atoms with van der Waals surface area (Å²) in [5.74, 6) is 0.765. The zero-order chi connectivity index (χ0) is 17.2. The highest BCUT2D eigenvalue weighted by molar-refractivity contribution is 7.91. The minimum atomic E-state index is -3.46. The average molecular weight is 381 g/mol. The molecule has 0 amide bonds. The van der Waals surface area contributed by atoms with E-state index < -0.39 is 10.0 Å². The lowest BCUT2D eigenvalue weighted by Crippen LogP contribution is -2.25. The molecule has 2 heterocycles. The quantitative estimate of drug-likeness (QED) is 0.654. The predicted molar refractivity (Wildman–Crippen MR) is 97.1 cm³/mol. The molecule has 0 saturated heterocycles. The Balaban J connectivity index is 1.79. The number of methoxy groups -OCH3 is 1. The van der Waals surface area contributed by atoms with Crippen LogP contribution in [0, 0.1) is 0 Å². The average Bonchev–Trinajstić information content (AvgIpc) is 3.27. The molecular formula is C16H16N2O3S3. The molecule has 0 aliphatic heterocycles. The summed E-state index contributed by atoms with van der Waals surface area (Å²) >= 11 is 2.70. The van der Waals surface area contributed by atoms with Crippen molar-refractivity contribution >= 4 is 32.7 Å². The number of benzene rings is 1. The zero-order valence-corrected chi connectivity index (χ0v) is 15.6. The van der Waals surface area contributed by atoms with Crippen LogP contribution in [0.15, 0.2) is 51.4 Å². The Bertz CT molecular complexity index is 918. The summed E-state index contributed by atoms with van der Waals surface area (Å²) < 4.78 is 31.8. The van der Waals surface area contributed by atoms with Crippen LogP contribution in [0.2, 0.25) is 0 Å². The molecule has 0 fully saturated rings. The second-order valence-electron chi connectivity index (χ2n) is 5.07. The minimum absolute atomic E-state index is 0.237. The van der Waals surface area contributed by atoms with Crippen molar-refractivity contribution in [2.24, 2.45) is 0 Å². The molecule has 0 atom stereocenters. The normalized spacial score (nSPS) is 11.8. The number of rotatable bonds is 6. The fraction of sp³-hybridized carbons (Fsp3) is 0.188. The Morgan fingerprint density at radius 3 is 2.75 bits per heavy atom. The van der Waals surface area contributed by atoms with E-state index in [0.29, 0.717) is 4.21 Å². The second kappa shape index (κ2) is 7.02. The Kier molecular flexibility index (Phi) is 5.00. The van der Waals surface area contributed by atoms with Gasteiger partial charge in [-0.3, -0.25) is 0 Å². The first-order valence-corrected chi connectivity index (χ1v) is 10.3. The van der Waals surface area contributed by atoms with Crippen LogP contribution in [0.3, 0.4) is 0 Å². The standard InChI is InChI=1S/C16H16N2O3S3/c1-18(24(19,20)15-7-4-8-22-15)10-13-11-23-16(17-13)12-5-3-6-14(9-12)21-2/h3-9,11H,10H2,1-2H3. The number of ether oxygens (including phenoxy) is 1. The number of hydrogen-bond acceptors (Lipinski definition) is 6. The lowest BCUT2D eigenvalue weighted by atomic mass is 10.2. The molecule has 2 aromatic heterocycles. The van der Waals surface area contributed by atoms with Crippen molar-refractivity contribution in [3.8, 4) is 16.3 Å². The Morgan fingerprint density at radius 1 is 1.21 bits per heavy atom. The molecule has 5 nitrogen and oxygen atoms in total. The van der Waals surface area contributed by atoms with Gasteiger partial charge in [-0.2, -0.15) is 4.31 Å². The first kappa shape index (κ1) is 17.1. The number of thiophene rings is 1. The van der Waals surface area contributed by atoms with Gasteiger partial charge in [0.1, 0.15) is 15.0 Å². The molecular weight excluding hydrogens is 364 g/mol. The third-order valence-corrected chi connectivity index (χ3v) is 7.53. The minimum Gasteiger partial charge on any atom is -0.497 e. The maximum absolute atomic E-state index is 12.5. The number of sulfonamides is 1. The lowest BCUT2D eigenvalue weighted by Gasteiger charge is -2.14. The highest BCUT2D eigenvalue weighted by atomic mass is 32.2. The Labute approximate surface area is 149 Å². The van der Waals surface area contributed by atoms with E-state index in [9.17, 15) is 8.42 Å². The summed E-state index contributed by atoms with van der Waals surface area (Å²) in [4.78, 5) is 4.55. The van der Waals surface area contributed by atoms with Crippen LogP contribution in [0.1, 0.15) is 5.69 Å². The van der Waals surface area contributed by atoms with Gasteiger partial charge in [-0.25, -0.2) is 13.4 Å². The Hall–Kier alpha value is -1.74. The van der Waals surface area contributed by atoms with E-state index in [-0.39, 0.29) is 6.54 Å². The second-order valence-corrected chi connectivity index (χ2v) is 9.15. The molecule has 24 heavy (non-hydrogen) atoms. The highest BCUT2D eigenvalue weighted by Gasteiger charge is 2.22. The summed E-state index contributed by atoms with van der Waals surface area (Å²) in [6.07, 6.45) is 0. The third-order valence-electron chi connectivity index (χ3n) is 3.41. The molecule has 0 spiro atoms. The van der Waals surface area contributed by atoms with Crippen LogP contribution in [-0.2, 0) is 16.6 Å². The van der Waals surface area contributed by atoms with Gasteiger partial charge in [-0.1, -0.05) is 18.2 Å². The monoisotopic (exact) mass is 380 g/mol. The van der Waals surface area contributed by atoms with Gasteiger partial charge in [0.2, 0.25) is 0 Å². The molecule has 0 bridgehead atoms. The molecule has 3 aromatic rings. The summed E-state index contributed by atoms with van der Waals surface area (Å²) in [6.45, 7) is 0.237. The zero-order valence-electron chi connectivity index (χ0n) is 13.2. The van der Waals surface area contributed by atoms with Gasteiger partial charge in [0, 0.05) is 18.0 Å². The summed E-state index contributed by atoms with van der Waals surface area (Å²) in [6, 6.07) is 11.0. The van der Waals surface area contributed by atoms with Crippen molar-refractivity contribution in [3.63, 3.8) is 0 Å². The topological polar surface area (TPSA) is 59.5 Å². The molecule has 0 N–H and O–H groups in total. The number of aromatic nitrogens is 1. The smallest absolute Gasteiger partial charge is 0.252 e. The molecule has 0 aliphatic rings. The molecule has 0 unspecified atom stereocenters. The van der Waals surface area contributed by atoms with Gasteiger partial charge in [0.15, 0.2) is 0 Å². The molecule has 8 heteroatoms. The van der Waals surface area contributed by atoms with E-state index in [4.69, 9.17) is 4.74 Å². The van der Waals surface area contributed by atoms with Crippen LogP contribution in [0.25, 0.3) is 10.6 Å². The SMILES string of the molecule is COc1cccc(-c2nc(CN(C)S(=O)(=O)c3cccs3)cs2)c1. The van der Waals surface area contributed by atoms with Crippen molar-refractivity contribution in [3.05, 3.63) is 52.9 Å². The number of thiazole rings is 1. The van der Waals surface area contributed by atoms with E-state index in [1.165, 1.54) is 27.0 Å². The van der Waals surface area contributed by atoms with Gasteiger partial charge < -0.3 is 4.74 Å². The predicted octanol–water partition coefficient (Wildman–Crippen LogP) is 3.70. The van der Waals surface area contributed by atoms with Gasteiger partial charge in [-0.05, 0) is 23.6 Å². The van der Waals surface area contributed by atoms with Gasteiger partial charge in [0.05, 0.1) is 19.3 Å². The van der Waals surface area contributed by atoms with E-state index in [2.05, 4.69) is 4.98 Å². The summed E-state index contributed by atoms with van der Waals surface area (Å²) in [5, 5.41) is 4.48. The highest BCUT2D eigenvalue weighted by Crippen LogP contribution is 2.28.